The van der Waals surface area contributed by atoms with Crippen molar-refractivity contribution in [2.24, 2.45) is 0 Å². The zero-order valence-corrected chi connectivity index (χ0v) is 17.5. The molecule has 1 atom stereocenters. The number of rotatable bonds is 8. The Balaban J connectivity index is 1.24. The van der Waals surface area contributed by atoms with Gasteiger partial charge >= 0.3 is 0 Å². The van der Waals surface area contributed by atoms with Crippen molar-refractivity contribution in [2.75, 3.05) is 13.1 Å². The van der Waals surface area contributed by atoms with Crippen LogP contribution >= 0.6 is 0 Å². The summed E-state index contributed by atoms with van der Waals surface area (Å²) < 4.78 is 18.3. The van der Waals surface area contributed by atoms with Crippen molar-refractivity contribution in [3.8, 4) is 11.4 Å². The van der Waals surface area contributed by atoms with Gasteiger partial charge in [-0.3, -0.25) is 9.69 Å². The molecule has 1 fully saturated rings. The fourth-order valence-electron chi connectivity index (χ4n) is 3.93. The molecule has 1 aromatic heterocycles. The van der Waals surface area contributed by atoms with Gasteiger partial charge in [-0.2, -0.15) is 4.98 Å². The van der Waals surface area contributed by atoms with Gasteiger partial charge in [0.25, 0.3) is 0 Å². The normalized spacial score (nSPS) is 16.9. The molecule has 0 radical (unpaired) electrons. The van der Waals surface area contributed by atoms with Crippen LogP contribution in [0.25, 0.3) is 11.4 Å². The van der Waals surface area contributed by atoms with Gasteiger partial charge in [0.15, 0.2) is 0 Å². The molecule has 2 heterocycles. The van der Waals surface area contributed by atoms with Crippen molar-refractivity contribution in [2.45, 2.75) is 44.7 Å². The summed E-state index contributed by atoms with van der Waals surface area (Å²) in [5.74, 6) is 0.461. The number of carbonyl (C=O) groups is 1. The minimum absolute atomic E-state index is 0.0215. The SMILES string of the molecule is O=C(CCc1nc(-c2ccc(F)cc2)no1)NC[C@H]1CCCCN1Cc1ccccc1. The van der Waals surface area contributed by atoms with Gasteiger partial charge in [-0.25, -0.2) is 4.39 Å². The largest absolute Gasteiger partial charge is 0.355 e. The van der Waals surface area contributed by atoms with E-state index < -0.39 is 0 Å². The Morgan fingerprint density at radius 3 is 2.74 bits per heavy atom. The molecule has 4 rings (SSSR count). The van der Waals surface area contributed by atoms with Crippen LogP contribution in [-0.4, -0.2) is 40.1 Å². The summed E-state index contributed by atoms with van der Waals surface area (Å²) in [6, 6.07) is 16.7. The quantitative estimate of drug-likeness (QED) is 0.595. The average Bonchev–Trinajstić information content (AvgIpc) is 3.27. The van der Waals surface area contributed by atoms with E-state index in [1.54, 1.807) is 12.1 Å². The number of benzene rings is 2. The van der Waals surface area contributed by atoms with Crippen LogP contribution in [0.2, 0.25) is 0 Å². The van der Waals surface area contributed by atoms with E-state index in [4.69, 9.17) is 4.52 Å². The molecule has 1 saturated heterocycles. The highest BCUT2D eigenvalue weighted by Crippen LogP contribution is 2.20. The minimum atomic E-state index is -0.315. The molecule has 0 bridgehead atoms. The van der Waals surface area contributed by atoms with E-state index in [0.717, 1.165) is 19.5 Å². The predicted octanol–water partition coefficient (Wildman–Crippen LogP) is 3.98. The van der Waals surface area contributed by atoms with Crippen LogP contribution < -0.4 is 5.32 Å². The van der Waals surface area contributed by atoms with Gasteiger partial charge in [0.05, 0.1) is 0 Å². The van der Waals surface area contributed by atoms with Gasteiger partial charge in [0, 0.05) is 37.5 Å². The monoisotopic (exact) mass is 422 g/mol. The number of hydrogen-bond acceptors (Lipinski definition) is 5. The van der Waals surface area contributed by atoms with Crippen LogP contribution in [0.4, 0.5) is 4.39 Å². The molecule has 162 valence electrons. The average molecular weight is 423 g/mol. The zero-order valence-electron chi connectivity index (χ0n) is 17.5. The molecule has 7 heteroatoms. The third-order valence-electron chi connectivity index (χ3n) is 5.65. The lowest BCUT2D eigenvalue weighted by molar-refractivity contribution is -0.121. The second-order valence-electron chi connectivity index (χ2n) is 7.93. The van der Waals surface area contributed by atoms with Crippen molar-refractivity contribution in [1.82, 2.24) is 20.4 Å². The highest BCUT2D eigenvalue weighted by atomic mass is 19.1. The van der Waals surface area contributed by atoms with Gasteiger partial charge < -0.3 is 9.84 Å². The van der Waals surface area contributed by atoms with E-state index >= 15 is 0 Å². The molecule has 31 heavy (non-hydrogen) atoms. The molecule has 1 aliphatic rings. The van der Waals surface area contributed by atoms with Crippen molar-refractivity contribution >= 4 is 5.91 Å². The Hall–Kier alpha value is -3.06. The number of aryl methyl sites for hydroxylation is 1. The van der Waals surface area contributed by atoms with Crippen molar-refractivity contribution in [3.05, 3.63) is 71.9 Å². The van der Waals surface area contributed by atoms with E-state index in [2.05, 4.69) is 44.6 Å². The van der Waals surface area contributed by atoms with Crippen LogP contribution in [0.15, 0.2) is 59.1 Å². The zero-order chi connectivity index (χ0) is 21.5. The lowest BCUT2D eigenvalue weighted by Crippen LogP contribution is -2.46. The Kier molecular flexibility index (Phi) is 7.04. The fourth-order valence-corrected chi connectivity index (χ4v) is 3.93. The van der Waals surface area contributed by atoms with E-state index in [0.29, 0.717) is 36.3 Å². The molecule has 0 unspecified atom stereocenters. The molecule has 0 aliphatic carbocycles. The minimum Gasteiger partial charge on any atom is -0.355 e. The van der Waals surface area contributed by atoms with Gasteiger partial charge in [-0.05, 0) is 49.2 Å². The standard InChI is InChI=1S/C24H27FN4O2/c25-20-11-9-19(10-12-20)24-27-23(31-28-24)14-13-22(30)26-16-21-8-4-5-15-29(21)17-18-6-2-1-3-7-18/h1-3,6-7,9-12,21H,4-5,8,13-17H2,(H,26,30)/t21-/m1/s1. The van der Waals surface area contributed by atoms with E-state index in [-0.39, 0.29) is 18.1 Å². The maximum absolute atomic E-state index is 13.0. The molecule has 1 N–H and O–H groups in total. The van der Waals surface area contributed by atoms with Crippen molar-refractivity contribution in [1.29, 1.82) is 0 Å². The van der Waals surface area contributed by atoms with Crippen LogP contribution in [0.1, 0.15) is 37.1 Å². The van der Waals surface area contributed by atoms with Crippen LogP contribution in [-0.2, 0) is 17.8 Å². The number of aromatic nitrogens is 2. The molecule has 1 aliphatic heterocycles. The third kappa shape index (κ3) is 5.98. The maximum Gasteiger partial charge on any atom is 0.227 e. The first-order chi connectivity index (χ1) is 15.2. The number of nitrogens with zero attached hydrogens (tertiary/aromatic N) is 3. The first-order valence-corrected chi connectivity index (χ1v) is 10.8. The van der Waals surface area contributed by atoms with Gasteiger partial charge in [-0.1, -0.05) is 41.9 Å². The summed E-state index contributed by atoms with van der Waals surface area (Å²) in [7, 11) is 0. The molecule has 1 amide bonds. The first-order valence-electron chi connectivity index (χ1n) is 10.8. The highest BCUT2D eigenvalue weighted by molar-refractivity contribution is 5.76. The Bertz CT molecular complexity index is 975. The smallest absolute Gasteiger partial charge is 0.227 e. The van der Waals surface area contributed by atoms with Crippen LogP contribution in [0, 0.1) is 5.82 Å². The lowest BCUT2D eigenvalue weighted by Gasteiger charge is -2.35. The number of nitrogens with one attached hydrogen (secondary N) is 1. The summed E-state index contributed by atoms with van der Waals surface area (Å²) in [5.41, 5.74) is 1.98. The topological polar surface area (TPSA) is 71.3 Å². The number of amides is 1. The second kappa shape index (κ2) is 10.3. The van der Waals surface area contributed by atoms with Crippen molar-refractivity contribution in [3.63, 3.8) is 0 Å². The Morgan fingerprint density at radius 2 is 1.94 bits per heavy atom. The van der Waals surface area contributed by atoms with Crippen LogP contribution in [0.3, 0.4) is 0 Å². The predicted molar refractivity (Wildman–Crippen MR) is 116 cm³/mol. The number of carbonyl (C=O) groups excluding carboxylic acids is 1. The van der Waals surface area contributed by atoms with Crippen molar-refractivity contribution < 1.29 is 13.7 Å². The number of hydrogen-bond donors (Lipinski definition) is 1. The first kappa shape index (κ1) is 21.2. The molecule has 6 nitrogen and oxygen atoms in total. The molecule has 3 aromatic rings. The van der Waals surface area contributed by atoms with Gasteiger partial charge in [-0.15, -0.1) is 0 Å². The number of halogens is 1. The number of piperidine rings is 1. The summed E-state index contributed by atoms with van der Waals surface area (Å²) in [5, 5.41) is 6.99. The second-order valence-corrected chi connectivity index (χ2v) is 7.93. The molecule has 2 aromatic carbocycles. The summed E-state index contributed by atoms with van der Waals surface area (Å²) in [6.07, 6.45) is 4.15. The fraction of sp³-hybridized carbons (Fsp3) is 0.375. The Labute approximate surface area is 181 Å². The third-order valence-corrected chi connectivity index (χ3v) is 5.65. The van der Waals surface area contributed by atoms with E-state index in [1.165, 1.54) is 30.5 Å². The summed E-state index contributed by atoms with van der Waals surface area (Å²) in [6.45, 7) is 2.62. The Morgan fingerprint density at radius 1 is 1.13 bits per heavy atom. The lowest BCUT2D eigenvalue weighted by atomic mass is 10.0. The van der Waals surface area contributed by atoms with Crippen LogP contribution in [0.5, 0.6) is 0 Å². The van der Waals surface area contributed by atoms with E-state index in [1.807, 2.05) is 6.07 Å². The molecule has 0 spiro atoms. The van der Waals surface area contributed by atoms with Gasteiger partial charge in [0.1, 0.15) is 5.82 Å². The van der Waals surface area contributed by atoms with E-state index in [9.17, 15) is 9.18 Å². The maximum atomic E-state index is 13.0. The summed E-state index contributed by atoms with van der Waals surface area (Å²) >= 11 is 0. The molecular weight excluding hydrogens is 395 g/mol. The highest BCUT2D eigenvalue weighted by Gasteiger charge is 2.23. The molecule has 0 saturated carbocycles. The van der Waals surface area contributed by atoms with Gasteiger partial charge in [0.2, 0.25) is 17.6 Å². The summed E-state index contributed by atoms with van der Waals surface area (Å²) in [4.78, 5) is 19.1. The number of likely N-dealkylation sites (tertiary alicyclic amines) is 1. The molecular formula is C24H27FN4O2.